The lowest BCUT2D eigenvalue weighted by Gasteiger charge is -2.32. The van der Waals surface area contributed by atoms with Crippen LogP contribution in [0.2, 0.25) is 0 Å². The van der Waals surface area contributed by atoms with E-state index in [-0.39, 0.29) is 24.5 Å². The van der Waals surface area contributed by atoms with E-state index in [1.165, 1.54) is 7.11 Å². The van der Waals surface area contributed by atoms with Gasteiger partial charge in [-0.15, -0.1) is 0 Å². The number of aryl methyl sites for hydroxylation is 1. The van der Waals surface area contributed by atoms with Gasteiger partial charge in [-0.3, -0.25) is 19.8 Å². The van der Waals surface area contributed by atoms with Crippen molar-refractivity contribution in [1.29, 1.82) is 0 Å². The molecule has 1 N–H and O–H groups in total. The van der Waals surface area contributed by atoms with Gasteiger partial charge >= 0.3 is 5.97 Å². The first kappa shape index (κ1) is 14.5. The monoisotopic (exact) mass is 281 g/mol. The van der Waals surface area contributed by atoms with Crippen LogP contribution in [0, 0.1) is 6.92 Å². The predicted octanol–water partition coefficient (Wildman–Crippen LogP) is 0.949. The highest BCUT2D eigenvalue weighted by Crippen LogP contribution is 2.18. The van der Waals surface area contributed by atoms with Crippen LogP contribution in [0.15, 0.2) is 10.6 Å². The molecule has 20 heavy (non-hydrogen) atoms. The van der Waals surface area contributed by atoms with E-state index in [9.17, 15) is 9.59 Å². The number of rotatable bonds is 4. The van der Waals surface area contributed by atoms with E-state index in [2.05, 4.69) is 10.5 Å². The van der Waals surface area contributed by atoms with Crippen molar-refractivity contribution in [3.8, 4) is 0 Å². The third-order valence-corrected chi connectivity index (χ3v) is 3.32. The minimum Gasteiger partial charge on any atom is -0.468 e. The number of likely N-dealkylation sites (tertiary alicyclic amines) is 1. The molecule has 2 heterocycles. The molecule has 1 aliphatic rings. The molecular formula is C13H19N3O4. The summed E-state index contributed by atoms with van der Waals surface area (Å²) in [6, 6.07) is 1.31. The topological polar surface area (TPSA) is 84.7 Å². The zero-order valence-electron chi connectivity index (χ0n) is 11.7. The van der Waals surface area contributed by atoms with Crippen LogP contribution < -0.4 is 5.32 Å². The smallest absolute Gasteiger partial charge is 0.323 e. The molecule has 0 saturated carbocycles. The molecule has 1 aromatic heterocycles. The lowest BCUT2D eigenvalue weighted by Crippen LogP contribution is -2.48. The fourth-order valence-electron chi connectivity index (χ4n) is 2.37. The summed E-state index contributed by atoms with van der Waals surface area (Å²) < 4.78 is 9.71. The summed E-state index contributed by atoms with van der Waals surface area (Å²) >= 11 is 0. The zero-order valence-corrected chi connectivity index (χ0v) is 11.7. The Hall–Kier alpha value is -1.89. The predicted molar refractivity (Wildman–Crippen MR) is 71.1 cm³/mol. The maximum atomic E-state index is 12.0. The Morgan fingerprint density at radius 3 is 3.00 bits per heavy atom. The molecule has 7 nitrogen and oxygen atoms in total. The molecule has 1 atom stereocenters. The molecule has 1 aliphatic heterocycles. The second kappa shape index (κ2) is 6.51. The Balaban J connectivity index is 1.92. The second-order valence-electron chi connectivity index (χ2n) is 4.89. The van der Waals surface area contributed by atoms with E-state index in [0.29, 0.717) is 18.1 Å². The molecule has 2 rings (SSSR count). The van der Waals surface area contributed by atoms with Gasteiger partial charge in [0.2, 0.25) is 11.8 Å². The average Bonchev–Trinajstić information content (AvgIpc) is 2.83. The fourth-order valence-corrected chi connectivity index (χ4v) is 2.37. The van der Waals surface area contributed by atoms with Crippen LogP contribution in [0.25, 0.3) is 0 Å². The van der Waals surface area contributed by atoms with Gasteiger partial charge in [-0.2, -0.15) is 0 Å². The Morgan fingerprint density at radius 1 is 1.55 bits per heavy atom. The van der Waals surface area contributed by atoms with Crippen LogP contribution in [0.5, 0.6) is 0 Å². The largest absolute Gasteiger partial charge is 0.468 e. The van der Waals surface area contributed by atoms with Gasteiger partial charge in [0.15, 0.2) is 0 Å². The minimum atomic E-state index is -0.337. The maximum Gasteiger partial charge on any atom is 0.323 e. The number of piperidine rings is 1. The number of amides is 1. The molecule has 110 valence electrons. The third kappa shape index (κ3) is 3.57. The summed E-state index contributed by atoms with van der Waals surface area (Å²) in [5.41, 5.74) is 0.700. The van der Waals surface area contributed by atoms with Crippen molar-refractivity contribution >= 4 is 17.8 Å². The van der Waals surface area contributed by atoms with Gasteiger partial charge < -0.3 is 9.26 Å². The first-order valence-corrected chi connectivity index (χ1v) is 6.65. The van der Waals surface area contributed by atoms with E-state index in [0.717, 1.165) is 19.3 Å². The number of carbonyl (C=O) groups excluding carboxylic acids is 2. The van der Waals surface area contributed by atoms with Crippen LogP contribution >= 0.6 is 0 Å². The van der Waals surface area contributed by atoms with Gasteiger partial charge in [-0.1, -0.05) is 11.6 Å². The molecule has 0 radical (unpaired) electrons. The van der Waals surface area contributed by atoms with E-state index >= 15 is 0 Å². The van der Waals surface area contributed by atoms with Crippen LogP contribution in [0.4, 0.5) is 5.88 Å². The Labute approximate surface area is 117 Å². The van der Waals surface area contributed by atoms with Crippen molar-refractivity contribution in [3.63, 3.8) is 0 Å². The summed E-state index contributed by atoms with van der Waals surface area (Å²) in [5.74, 6) is -0.191. The SMILES string of the molecule is COC(=O)C1CCCCN1CC(=O)Nc1cc(C)no1. The summed E-state index contributed by atoms with van der Waals surface area (Å²) in [6.07, 6.45) is 2.67. The lowest BCUT2D eigenvalue weighted by atomic mass is 10.0. The Bertz CT molecular complexity index is 486. The molecule has 0 aromatic carbocycles. The fraction of sp³-hybridized carbons (Fsp3) is 0.615. The van der Waals surface area contributed by atoms with E-state index < -0.39 is 0 Å². The average molecular weight is 281 g/mol. The Morgan fingerprint density at radius 2 is 2.35 bits per heavy atom. The van der Waals surface area contributed by atoms with E-state index in [1.807, 2.05) is 4.90 Å². The van der Waals surface area contributed by atoms with Crippen LogP contribution in [0.1, 0.15) is 25.0 Å². The summed E-state index contributed by atoms with van der Waals surface area (Å²) in [4.78, 5) is 25.5. The molecule has 1 aromatic rings. The molecular weight excluding hydrogens is 262 g/mol. The molecule has 0 bridgehead atoms. The van der Waals surface area contributed by atoms with Crippen LogP contribution in [-0.2, 0) is 14.3 Å². The first-order chi connectivity index (χ1) is 9.60. The maximum absolute atomic E-state index is 12.0. The zero-order chi connectivity index (χ0) is 14.5. The molecule has 1 fully saturated rings. The van der Waals surface area contributed by atoms with Crippen molar-refractivity contribution in [3.05, 3.63) is 11.8 Å². The number of carbonyl (C=O) groups is 2. The molecule has 0 aliphatic carbocycles. The van der Waals surface area contributed by atoms with Gasteiger partial charge in [0.25, 0.3) is 0 Å². The van der Waals surface area contributed by atoms with Gasteiger partial charge in [0.05, 0.1) is 19.3 Å². The summed E-state index contributed by atoms with van der Waals surface area (Å²) in [5, 5.41) is 6.32. The molecule has 1 unspecified atom stereocenters. The summed E-state index contributed by atoms with van der Waals surface area (Å²) in [7, 11) is 1.37. The van der Waals surface area contributed by atoms with Crippen LogP contribution in [-0.4, -0.2) is 48.2 Å². The number of nitrogens with one attached hydrogen (secondary N) is 1. The summed E-state index contributed by atoms with van der Waals surface area (Å²) in [6.45, 7) is 2.62. The van der Waals surface area contributed by atoms with Gasteiger partial charge in [0.1, 0.15) is 6.04 Å². The van der Waals surface area contributed by atoms with Crippen LogP contribution in [0.3, 0.4) is 0 Å². The van der Waals surface area contributed by atoms with Crippen molar-refractivity contribution in [2.24, 2.45) is 0 Å². The van der Waals surface area contributed by atoms with Crippen molar-refractivity contribution in [2.45, 2.75) is 32.2 Å². The first-order valence-electron chi connectivity index (χ1n) is 6.65. The van der Waals surface area contributed by atoms with E-state index in [4.69, 9.17) is 9.26 Å². The third-order valence-electron chi connectivity index (χ3n) is 3.32. The molecule has 1 saturated heterocycles. The highest BCUT2D eigenvalue weighted by atomic mass is 16.5. The van der Waals surface area contributed by atoms with Gasteiger partial charge in [-0.25, -0.2) is 0 Å². The molecule has 7 heteroatoms. The Kier molecular flexibility index (Phi) is 4.73. The van der Waals surface area contributed by atoms with Gasteiger partial charge in [-0.05, 0) is 26.3 Å². The number of hydrogen-bond acceptors (Lipinski definition) is 6. The second-order valence-corrected chi connectivity index (χ2v) is 4.89. The van der Waals surface area contributed by atoms with Crippen molar-refractivity contribution in [2.75, 3.05) is 25.5 Å². The van der Waals surface area contributed by atoms with E-state index in [1.54, 1.807) is 13.0 Å². The quantitative estimate of drug-likeness (QED) is 0.827. The normalized spacial score (nSPS) is 19.6. The number of anilines is 1. The molecule has 0 spiro atoms. The number of aromatic nitrogens is 1. The number of esters is 1. The number of hydrogen-bond donors (Lipinski definition) is 1. The molecule has 1 amide bonds. The van der Waals surface area contributed by atoms with Crippen molar-refractivity contribution in [1.82, 2.24) is 10.1 Å². The number of methoxy groups -OCH3 is 1. The standard InChI is InChI=1S/C13H19N3O4/c1-9-7-12(20-15-9)14-11(17)8-16-6-4-3-5-10(16)13(18)19-2/h7,10H,3-6,8H2,1-2H3,(H,14,17). The van der Waals surface area contributed by atoms with Gasteiger partial charge in [0, 0.05) is 6.07 Å². The van der Waals surface area contributed by atoms with Crippen molar-refractivity contribution < 1.29 is 18.8 Å². The number of nitrogens with zero attached hydrogens (tertiary/aromatic N) is 2. The highest BCUT2D eigenvalue weighted by Gasteiger charge is 2.30. The minimum absolute atomic E-state index is 0.138. The lowest BCUT2D eigenvalue weighted by molar-refractivity contribution is -0.148. The number of ether oxygens (including phenoxy) is 1. The highest BCUT2D eigenvalue weighted by molar-refractivity contribution is 5.91.